The van der Waals surface area contributed by atoms with Crippen LogP contribution in [0.1, 0.15) is 19.4 Å². The Hall–Kier alpha value is -1.81. The number of rotatable bonds is 3. The zero-order chi connectivity index (χ0) is 14.2. The number of benzene rings is 1. The van der Waals surface area contributed by atoms with Gasteiger partial charge in [-0.2, -0.15) is 0 Å². The van der Waals surface area contributed by atoms with Crippen molar-refractivity contribution < 1.29 is 14.3 Å². The lowest BCUT2D eigenvalue weighted by atomic mass is 10.1. The van der Waals surface area contributed by atoms with Crippen LogP contribution in [0.5, 0.6) is 0 Å². The summed E-state index contributed by atoms with van der Waals surface area (Å²) in [6.45, 7) is 3.85. The van der Waals surface area contributed by atoms with Crippen molar-refractivity contribution in [1.82, 2.24) is 4.57 Å². The highest BCUT2D eigenvalue weighted by atomic mass is 35.5. The smallest absolute Gasteiger partial charge is 0.331 e. The van der Waals surface area contributed by atoms with Gasteiger partial charge in [-0.3, -0.25) is 0 Å². The number of hydrogen-bond donors (Lipinski definition) is 1. The van der Waals surface area contributed by atoms with Crippen LogP contribution in [0.25, 0.3) is 17.0 Å². The number of hydrogen-bond acceptors (Lipinski definition) is 1. The normalized spacial score (nSPS) is 12.1. The SMILES string of the molecule is CCn1c(Cl)c(/C=C(\C)C(=O)O)c2cccc(F)c21. The molecular weight excluding hydrogens is 269 g/mol. The molecule has 0 saturated carbocycles. The van der Waals surface area contributed by atoms with Crippen LogP contribution in [0.4, 0.5) is 4.39 Å². The molecule has 0 bridgehead atoms. The van der Waals surface area contributed by atoms with Gasteiger partial charge in [0.25, 0.3) is 0 Å². The number of aromatic nitrogens is 1. The van der Waals surface area contributed by atoms with Crippen molar-refractivity contribution >= 4 is 34.5 Å². The van der Waals surface area contributed by atoms with E-state index in [4.69, 9.17) is 16.7 Å². The van der Waals surface area contributed by atoms with Crippen LogP contribution >= 0.6 is 11.6 Å². The molecule has 1 aromatic heterocycles. The van der Waals surface area contributed by atoms with Crippen molar-refractivity contribution in [3.63, 3.8) is 0 Å². The summed E-state index contributed by atoms with van der Waals surface area (Å²) in [5.41, 5.74) is 1.10. The fourth-order valence-electron chi connectivity index (χ4n) is 2.07. The van der Waals surface area contributed by atoms with Gasteiger partial charge in [-0.05, 0) is 26.0 Å². The van der Waals surface area contributed by atoms with E-state index in [0.717, 1.165) is 0 Å². The Morgan fingerprint density at radius 3 is 2.79 bits per heavy atom. The van der Waals surface area contributed by atoms with Gasteiger partial charge in [-0.1, -0.05) is 23.7 Å². The minimum Gasteiger partial charge on any atom is -0.478 e. The van der Waals surface area contributed by atoms with Gasteiger partial charge in [-0.15, -0.1) is 0 Å². The lowest BCUT2D eigenvalue weighted by Gasteiger charge is -2.02. The summed E-state index contributed by atoms with van der Waals surface area (Å²) in [5.74, 6) is -1.39. The Balaban J connectivity index is 2.82. The van der Waals surface area contributed by atoms with E-state index < -0.39 is 5.97 Å². The minimum absolute atomic E-state index is 0.154. The quantitative estimate of drug-likeness (QED) is 0.866. The van der Waals surface area contributed by atoms with Gasteiger partial charge < -0.3 is 9.67 Å². The minimum atomic E-state index is -1.02. The van der Waals surface area contributed by atoms with Gasteiger partial charge in [0.2, 0.25) is 0 Å². The first-order valence-corrected chi connectivity index (χ1v) is 6.23. The largest absolute Gasteiger partial charge is 0.478 e. The van der Waals surface area contributed by atoms with Crippen molar-refractivity contribution in [1.29, 1.82) is 0 Å². The monoisotopic (exact) mass is 281 g/mol. The van der Waals surface area contributed by atoms with E-state index in [1.165, 1.54) is 19.1 Å². The van der Waals surface area contributed by atoms with E-state index in [-0.39, 0.29) is 11.4 Å². The number of halogens is 2. The van der Waals surface area contributed by atoms with Gasteiger partial charge in [0.1, 0.15) is 11.0 Å². The molecule has 2 rings (SSSR count). The van der Waals surface area contributed by atoms with Crippen LogP contribution in [-0.4, -0.2) is 15.6 Å². The van der Waals surface area contributed by atoms with Crippen molar-refractivity contribution in [3.8, 4) is 0 Å². The predicted octanol–water partition coefficient (Wildman–Crippen LogP) is 3.94. The molecule has 1 heterocycles. The third-order valence-electron chi connectivity index (χ3n) is 3.02. The molecule has 19 heavy (non-hydrogen) atoms. The van der Waals surface area contributed by atoms with Gasteiger partial charge >= 0.3 is 5.97 Å². The lowest BCUT2D eigenvalue weighted by molar-refractivity contribution is -0.132. The first-order chi connectivity index (χ1) is 8.97. The zero-order valence-corrected chi connectivity index (χ0v) is 11.3. The molecule has 0 aliphatic carbocycles. The average molecular weight is 282 g/mol. The first kappa shape index (κ1) is 13.6. The molecule has 0 amide bonds. The molecule has 0 fully saturated rings. The van der Waals surface area contributed by atoms with Crippen LogP contribution in [0.2, 0.25) is 5.15 Å². The number of nitrogens with zero attached hydrogens (tertiary/aromatic N) is 1. The Morgan fingerprint density at radius 2 is 2.21 bits per heavy atom. The maximum Gasteiger partial charge on any atom is 0.331 e. The Kier molecular flexibility index (Phi) is 3.62. The summed E-state index contributed by atoms with van der Waals surface area (Å²) in [6, 6.07) is 4.68. The molecule has 2 aromatic rings. The molecule has 3 nitrogen and oxygen atoms in total. The highest BCUT2D eigenvalue weighted by Crippen LogP contribution is 2.33. The third kappa shape index (κ3) is 2.24. The average Bonchev–Trinajstić information content (AvgIpc) is 2.64. The van der Waals surface area contributed by atoms with Gasteiger partial charge in [0.05, 0.1) is 5.52 Å². The summed E-state index contributed by atoms with van der Waals surface area (Å²) in [4.78, 5) is 10.9. The number of aliphatic carboxylic acids is 1. The Morgan fingerprint density at radius 1 is 1.53 bits per heavy atom. The lowest BCUT2D eigenvalue weighted by Crippen LogP contribution is -1.96. The fourth-order valence-corrected chi connectivity index (χ4v) is 2.43. The number of fused-ring (bicyclic) bond motifs is 1. The Labute approximate surface area is 114 Å². The van der Waals surface area contributed by atoms with E-state index >= 15 is 0 Å². The second-order valence-electron chi connectivity index (χ2n) is 4.22. The summed E-state index contributed by atoms with van der Waals surface area (Å²) in [7, 11) is 0. The fraction of sp³-hybridized carbons (Fsp3) is 0.214. The molecule has 0 spiro atoms. The molecule has 0 atom stereocenters. The zero-order valence-electron chi connectivity index (χ0n) is 10.6. The number of carbonyl (C=O) groups is 1. The highest BCUT2D eigenvalue weighted by molar-refractivity contribution is 6.33. The predicted molar refractivity (Wildman–Crippen MR) is 73.9 cm³/mol. The van der Waals surface area contributed by atoms with Gasteiger partial charge in [-0.25, -0.2) is 9.18 Å². The van der Waals surface area contributed by atoms with E-state index in [0.29, 0.717) is 28.2 Å². The molecule has 0 aliphatic rings. The molecule has 100 valence electrons. The van der Waals surface area contributed by atoms with Crippen molar-refractivity contribution in [2.45, 2.75) is 20.4 Å². The van der Waals surface area contributed by atoms with Gasteiger partial charge in [0.15, 0.2) is 0 Å². The topological polar surface area (TPSA) is 42.2 Å². The van der Waals surface area contributed by atoms with E-state index in [1.807, 2.05) is 6.92 Å². The molecule has 1 aromatic carbocycles. The van der Waals surface area contributed by atoms with E-state index in [9.17, 15) is 9.18 Å². The second kappa shape index (κ2) is 5.05. The molecule has 0 saturated heterocycles. The van der Waals surface area contributed by atoms with Crippen LogP contribution in [-0.2, 0) is 11.3 Å². The molecule has 0 unspecified atom stereocenters. The van der Waals surface area contributed by atoms with Crippen molar-refractivity contribution in [3.05, 3.63) is 40.3 Å². The van der Waals surface area contributed by atoms with Gasteiger partial charge in [0, 0.05) is 23.1 Å². The summed E-state index contributed by atoms with van der Waals surface area (Å²) in [5, 5.41) is 9.90. The molecule has 5 heteroatoms. The third-order valence-corrected chi connectivity index (χ3v) is 3.43. The summed E-state index contributed by atoms with van der Waals surface area (Å²) < 4.78 is 15.5. The molecule has 0 radical (unpaired) electrons. The number of aryl methyl sites for hydroxylation is 1. The highest BCUT2D eigenvalue weighted by Gasteiger charge is 2.17. The van der Waals surface area contributed by atoms with E-state index in [1.54, 1.807) is 16.7 Å². The number of para-hydroxylation sites is 1. The van der Waals surface area contributed by atoms with Crippen LogP contribution in [0.15, 0.2) is 23.8 Å². The van der Waals surface area contributed by atoms with Crippen LogP contribution in [0.3, 0.4) is 0 Å². The number of carboxylic acids is 1. The van der Waals surface area contributed by atoms with Crippen LogP contribution < -0.4 is 0 Å². The molecule has 0 aliphatic heterocycles. The molecular formula is C14H13ClFNO2. The Bertz CT molecular complexity index is 688. The van der Waals surface area contributed by atoms with Crippen molar-refractivity contribution in [2.75, 3.05) is 0 Å². The number of carboxylic acid groups (broad SMARTS) is 1. The standard InChI is InChI=1S/C14H13ClFNO2/c1-3-17-12-9(5-4-6-11(12)16)10(13(17)15)7-8(2)14(18)19/h4-7H,3H2,1-2H3,(H,18,19)/b8-7+. The second-order valence-corrected chi connectivity index (χ2v) is 4.58. The summed E-state index contributed by atoms with van der Waals surface area (Å²) in [6.07, 6.45) is 1.47. The summed E-state index contributed by atoms with van der Waals surface area (Å²) >= 11 is 6.23. The first-order valence-electron chi connectivity index (χ1n) is 5.85. The van der Waals surface area contributed by atoms with Crippen LogP contribution in [0, 0.1) is 5.82 Å². The maximum absolute atomic E-state index is 13.9. The van der Waals surface area contributed by atoms with E-state index in [2.05, 4.69) is 0 Å². The maximum atomic E-state index is 13.9. The van der Waals surface area contributed by atoms with Crippen molar-refractivity contribution in [2.24, 2.45) is 0 Å². The molecule has 1 N–H and O–H groups in total.